The Labute approximate surface area is 413 Å². The summed E-state index contributed by atoms with van der Waals surface area (Å²) < 4.78 is 6.47. The minimum absolute atomic E-state index is 0.0179. The Morgan fingerprint density at radius 3 is 2.04 bits per heavy atom. The molecule has 3 saturated carbocycles. The molecule has 69 heavy (non-hydrogen) atoms. The molecule has 0 saturated heterocycles. The standard InChI is InChI=1S/C59H82N4O6/c1-40(2)14-12-15-41(3)49-26-27-50-48-25-22-45-38-47(30-32-58(45,4)51(48)31-33-59(49,50)5)69-35-13-34-60-54(65)28-29-55(66)62-52(36-42-16-8-6-9-17-42)57(68)63-53(37-43-18-10-7-11-19-43)56(67)61-46-23-20-44(39-64)21-24-46/h6-11,16-24,40-41,47-53,64H,12-15,25-39H2,1-5H3,(H,60,65)(H,61,67)(H,62,66)(H,63,68)/t41-,47+,48+,49?,50?,51+,52+,53+,58+,59-/m1/s1. The average molecular weight is 943 g/mol. The van der Waals surface area contributed by atoms with E-state index in [9.17, 15) is 24.3 Å². The van der Waals surface area contributed by atoms with Gasteiger partial charge in [-0.1, -0.05) is 138 Å². The largest absolute Gasteiger partial charge is 0.392 e. The number of aliphatic hydroxyl groups excluding tert-OH is 1. The van der Waals surface area contributed by atoms with Crippen LogP contribution < -0.4 is 21.3 Å². The van der Waals surface area contributed by atoms with Gasteiger partial charge < -0.3 is 31.1 Å². The van der Waals surface area contributed by atoms with Gasteiger partial charge in [-0.2, -0.15) is 0 Å². The summed E-state index contributed by atoms with van der Waals surface area (Å²) in [5.74, 6) is 3.39. The molecule has 10 nitrogen and oxygen atoms in total. The number of hydrogen-bond donors (Lipinski definition) is 5. The molecule has 7 rings (SSSR count). The second kappa shape index (κ2) is 24.4. The Bertz CT molecular complexity index is 2180. The number of amides is 4. The zero-order chi connectivity index (χ0) is 49.0. The first kappa shape index (κ1) is 52.0. The minimum atomic E-state index is -0.991. The predicted molar refractivity (Wildman–Crippen MR) is 275 cm³/mol. The number of anilines is 1. The number of aliphatic hydroxyl groups is 1. The summed E-state index contributed by atoms with van der Waals surface area (Å²) >= 11 is 0. The molecular formula is C59H82N4O6. The molecule has 0 aromatic heterocycles. The molecular weight excluding hydrogens is 861 g/mol. The summed E-state index contributed by atoms with van der Waals surface area (Å²) in [6, 6.07) is 23.7. The van der Waals surface area contributed by atoms with Crippen LogP contribution in [0, 0.1) is 46.3 Å². The Balaban J connectivity index is 0.849. The maximum Gasteiger partial charge on any atom is 0.247 e. The summed E-state index contributed by atoms with van der Waals surface area (Å²) in [6.07, 6.45) is 18.1. The van der Waals surface area contributed by atoms with Gasteiger partial charge in [-0.3, -0.25) is 19.2 Å². The summed E-state index contributed by atoms with van der Waals surface area (Å²) in [5.41, 5.74) is 5.34. The maximum absolute atomic E-state index is 14.0. The third kappa shape index (κ3) is 13.5. The molecule has 0 bridgehead atoms. The molecule has 0 aliphatic heterocycles. The van der Waals surface area contributed by atoms with Gasteiger partial charge in [0.25, 0.3) is 0 Å². The van der Waals surface area contributed by atoms with Crippen molar-refractivity contribution in [2.75, 3.05) is 18.5 Å². The Morgan fingerprint density at radius 1 is 0.710 bits per heavy atom. The van der Waals surface area contributed by atoms with Crippen LogP contribution in [0.1, 0.15) is 141 Å². The molecule has 3 fully saturated rings. The van der Waals surface area contributed by atoms with Gasteiger partial charge in [-0.15, -0.1) is 0 Å². The van der Waals surface area contributed by atoms with Crippen LogP contribution in [-0.4, -0.2) is 60.1 Å². The third-order valence-corrected chi connectivity index (χ3v) is 17.1. The number of fused-ring (bicyclic) bond motifs is 5. The number of benzene rings is 3. The lowest BCUT2D eigenvalue weighted by Gasteiger charge is -2.58. The van der Waals surface area contributed by atoms with E-state index in [1.165, 1.54) is 57.8 Å². The zero-order valence-corrected chi connectivity index (χ0v) is 42.3. The van der Waals surface area contributed by atoms with Crippen LogP contribution in [0.3, 0.4) is 0 Å². The fraction of sp³-hybridized carbons (Fsp3) is 0.593. The fourth-order valence-electron chi connectivity index (χ4n) is 13.2. The summed E-state index contributed by atoms with van der Waals surface area (Å²) in [5, 5.41) is 21.1. The van der Waals surface area contributed by atoms with Gasteiger partial charge in [0.2, 0.25) is 23.6 Å². The van der Waals surface area contributed by atoms with E-state index in [-0.39, 0.29) is 49.7 Å². The number of allylic oxidation sites excluding steroid dienone is 1. The summed E-state index contributed by atoms with van der Waals surface area (Å²) in [7, 11) is 0. The van der Waals surface area contributed by atoms with Crippen LogP contribution in [0.4, 0.5) is 5.69 Å². The van der Waals surface area contributed by atoms with Crippen LogP contribution in [0.2, 0.25) is 0 Å². The first-order chi connectivity index (χ1) is 33.2. The molecule has 3 aromatic carbocycles. The van der Waals surface area contributed by atoms with Gasteiger partial charge in [0.05, 0.1) is 12.7 Å². The van der Waals surface area contributed by atoms with Crippen molar-refractivity contribution in [3.8, 4) is 0 Å². The highest BCUT2D eigenvalue weighted by Crippen LogP contribution is 2.67. The fourth-order valence-corrected chi connectivity index (χ4v) is 13.2. The van der Waals surface area contributed by atoms with E-state index in [2.05, 4.69) is 62.0 Å². The number of nitrogens with one attached hydrogen (secondary N) is 4. The van der Waals surface area contributed by atoms with E-state index in [1.807, 2.05) is 60.7 Å². The molecule has 0 heterocycles. The van der Waals surface area contributed by atoms with Crippen molar-refractivity contribution in [1.29, 1.82) is 0 Å². The monoisotopic (exact) mass is 943 g/mol. The lowest BCUT2D eigenvalue weighted by molar-refractivity contribution is -0.131. The van der Waals surface area contributed by atoms with Gasteiger partial charge in [0.15, 0.2) is 0 Å². The van der Waals surface area contributed by atoms with E-state index in [0.717, 1.165) is 59.5 Å². The zero-order valence-electron chi connectivity index (χ0n) is 42.3. The molecule has 0 radical (unpaired) electrons. The third-order valence-electron chi connectivity index (χ3n) is 17.1. The molecule has 374 valence electrons. The number of ether oxygens (including phenoxy) is 1. The highest BCUT2D eigenvalue weighted by atomic mass is 16.5. The van der Waals surface area contributed by atoms with Crippen molar-refractivity contribution in [3.63, 3.8) is 0 Å². The smallest absolute Gasteiger partial charge is 0.247 e. The van der Waals surface area contributed by atoms with E-state index < -0.39 is 29.8 Å². The highest BCUT2D eigenvalue weighted by Gasteiger charge is 2.59. The number of hydrogen-bond acceptors (Lipinski definition) is 6. The second-order valence-corrected chi connectivity index (χ2v) is 22.1. The Kier molecular flexibility index (Phi) is 18.4. The van der Waals surface area contributed by atoms with Gasteiger partial charge >= 0.3 is 0 Å². The average Bonchev–Trinajstić information content (AvgIpc) is 3.71. The van der Waals surface area contributed by atoms with Crippen LogP contribution in [-0.2, 0) is 43.4 Å². The lowest BCUT2D eigenvalue weighted by atomic mass is 9.47. The van der Waals surface area contributed by atoms with Crippen molar-refractivity contribution < 1.29 is 29.0 Å². The van der Waals surface area contributed by atoms with Crippen molar-refractivity contribution in [1.82, 2.24) is 16.0 Å². The molecule has 4 aliphatic carbocycles. The second-order valence-electron chi connectivity index (χ2n) is 22.1. The summed E-state index contributed by atoms with van der Waals surface area (Å²) in [6.45, 7) is 13.5. The molecule has 0 spiro atoms. The van der Waals surface area contributed by atoms with Crippen LogP contribution in [0.15, 0.2) is 96.6 Å². The maximum atomic E-state index is 14.0. The molecule has 2 unspecified atom stereocenters. The van der Waals surface area contributed by atoms with Crippen molar-refractivity contribution >= 4 is 29.3 Å². The molecule has 4 amide bonds. The predicted octanol–water partition coefficient (Wildman–Crippen LogP) is 10.3. The van der Waals surface area contributed by atoms with E-state index in [1.54, 1.807) is 29.8 Å². The molecule has 10 heteroatoms. The topological polar surface area (TPSA) is 146 Å². The van der Waals surface area contributed by atoms with Crippen molar-refractivity contribution in [2.24, 2.45) is 46.3 Å². The number of carbonyl (C=O) groups is 4. The van der Waals surface area contributed by atoms with Crippen LogP contribution in [0.25, 0.3) is 0 Å². The Hall–Kier alpha value is -4.80. The number of rotatable bonds is 23. The first-order valence-electron chi connectivity index (χ1n) is 26.5. The quantitative estimate of drug-likeness (QED) is 0.0473. The lowest BCUT2D eigenvalue weighted by Crippen LogP contribution is -2.54. The van der Waals surface area contributed by atoms with Gasteiger partial charge in [-0.25, -0.2) is 0 Å². The summed E-state index contributed by atoms with van der Waals surface area (Å²) in [4.78, 5) is 54.0. The Morgan fingerprint density at radius 2 is 1.38 bits per heavy atom. The van der Waals surface area contributed by atoms with E-state index >= 15 is 0 Å². The van der Waals surface area contributed by atoms with Gasteiger partial charge in [0.1, 0.15) is 12.1 Å². The SMILES string of the molecule is CC(C)CCC[C@@H](C)C1CCC2[C@@H]3CC=C4C[C@@H](OCCCNC(=O)CCC(=O)N[C@@H](Cc5ccccc5)C(=O)N[C@@H](Cc5ccccc5)C(=O)Nc5ccc(CO)cc5)CC[C@]4(C)[C@H]3CC[C@]12C. The van der Waals surface area contributed by atoms with Gasteiger partial charge in [0, 0.05) is 44.5 Å². The molecule has 3 aromatic rings. The van der Waals surface area contributed by atoms with Crippen molar-refractivity contribution in [2.45, 2.75) is 162 Å². The number of carbonyl (C=O) groups excluding carboxylic acids is 4. The molecule has 5 N–H and O–H groups in total. The minimum Gasteiger partial charge on any atom is -0.392 e. The highest BCUT2D eigenvalue weighted by molar-refractivity contribution is 5.98. The van der Waals surface area contributed by atoms with Gasteiger partial charge in [-0.05, 0) is 133 Å². The van der Waals surface area contributed by atoms with E-state index in [4.69, 9.17) is 4.74 Å². The van der Waals surface area contributed by atoms with Crippen LogP contribution in [0.5, 0.6) is 0 Å². The van der Waals surface area contributed by atoms with Crippen LogP contribution >= 0.6 is 0 Å². The normalized spacial score (nSPS) is 26.3. The molecule has 10 atom stereocenters. The first-order valence-corrected chi connectivity index (χ1v) is 26.5. The van der Waals surface area contributed by atoms with Crippen molar-refractivity contribution in [3.05, 3.63) is 113 Å². The molecule has 4 aliphatic rings. The van der Waals surface area contributed by atoms with E-state index in [0.29, 0.717) is 36.2 Å².